The van der Waals surface area contributed by atoms with Gasteiger partial charge in [-0.3, -0.25) is 0 Å². The van der Waals surface area contributed by atoms with E-state index in [9.17, 15) is 9.59 Å². The predicted molar refractivity (Wildman–Crippen MR) is 66.0 cm³/mol. The van der Waals surface area contributed by atoms with E-state index in [1.54, 1.807) is 0 Å². The van der Waals surface area contributed by atoms with Crippen molar-refractivity contribution in [2.75, 3.05) is 0 Å². The van der Waals surface area contributed by atoms with Crippen LogP contribution in [0.1, 0.15) is 58.8 Å². The first-order valence-corrected chi connectivity index (χ1v) is 6.17. The largest absolute Gasteiger partial charge is 0.478 e. The monoisotopic (exact) mass is 242 g/mol. The van der Waals surface area contributed by atoms with E-state index in [0.29, 0.717) is 6.42 Å². The number of hydrogen-bond acceptors (Lipinski definition) is 2. The van der Waals surface area contributed by atoms with Gasteiger partial charge in [-0.1, -0.05) is 39.0 Å². The molecule has 0 bridgehead atoms. The van der Waals surface area contributed by atoms with Crippen molar-refractivity contribution in [2.45, 2.75) is 58.8 Å². The number of carbonyl (C=O) groups is 2. The Bertz CT molecular complexity index is 292. The molecule has 0 saturated heterocycles. The summed E-state index contributed by atoms with van der Waals surface area (Å²) in [6, 6.07) is 0. The molecule has 0 aromatic heterocycles. The fourth-order valence-corrected chi connectivity index (χ4v) is 1.67. The van der Waals surface area contributed by atoms with Gasteiger partial charge in [0.15, 0.2) is 0 Å². The number of aliphatic carboxylic acids is 2. The van der Waals surface area contributed by atoms with E-state index in [2.05, 4.69) is 6.92 Å². The van der Waals surface area contributed by atoms with Gasteiger partial charge in [0.1, 0.15) is 0 Å². The highest BCUT2D eigenvalue weighted by Gasteiger charge is 2.15. The van der Waals surface area contributed by atoms with Crippen LogP contribution in [0.3, 0.4) is 0 Å². The van der Waals surface area contributed by atoms with Gasteiger partial charge in [0.25, 0.3) is 0 Å². The van der Waals surface area contributed by atoms with Gasteiger partial charge in [-0.05, 0) is 19.8 Å². The quantitative estimate of drug-likeness (QED) is 0.481. The Balaban J connectivity index is 4.09. The average Bonchev–Trinajstić information content (AvgIpc) is 2.26. The molecule has 0 heterocycles. The van der Waals surface area contributed by atoms with Crippen molar-refractivity contribution in [3.05, 3.63) is 11.1 Å². The topological polar surface area (TPSA) is 74.6 Å². The van der Waals surface area contributed by atoms with Crippen molar-refractivity contribution >= 4 is 11.9 Å². The molecule has 0 unspecified atom stereocenters. The molecular weight excluding hydrogens is 220 g/mol. The molecule has 2 N–H and O–H groups in total. The summed E-state index contributed by atoms with van der Waals surface area (Å²) in [5.41, 5.74) is -0.0148. The molecular formula is C13H22O4. The molecule has 0 aromatic rings. The second-order valence-corrected chi connectivity index (χ2v) is 4.23. The maximum Gasteiger partial charge on any atom is 0.332 e. The fourth-order valence-electron chi connectivity index (χ4n) is 1.67. The lowest BCUT2D eigenvalue weighted by Gasteiger charge is -2.05. The highest BCUT2D eigenvalue weighted by Crippen LogP contribution is 2.15. The van der Waals surface area contributed by atoms with Crippen LogP contribution in [0.2, 0.25) is 0 Å². The van der Waals surface area contributed by atoms with Crippen molar-refractivity contribution in [3.63, 3.8) is 0 Å². The summed E-state index contributed by atoms with van der Waals surface area (Å²) in [5, 5.41) is 17.7. The van der Waals surface area contributed by atoms with Crippen LogP contribution in [0.15, 0.2) is 11.1 Å². The van der Waals surface area contributed by atoms with Gasteiger partial charge >= 0.3 is 11.9 Å². The second kappa shape index (κ2) is 8.79. The SMILES string of the molecule is CCCCCCCC/C(C(=O)O)=C(/C)C(=O)O. The molecule has 0 atom stereocenters. The molecule has 4 nitrogen and oxygen atoms in total. The number of hydrogen-bond donors (Lipinski definition) is 2. The Kier molecular flexibility index (Phi) is 8.11. The van der Waals surface area contributed by atoms with Crippen molar-refractivity contribution in [1.82, 2.24) is 0 Å². The maximum absolute atomic E-state index is 10.9. The Labute approximate surface area is 102 Å². The van der Waals surface area contributed by atoms with Crippen LogP contribution >= 0.6 is 0 Å². The van der Waals surface area contributed by atoms with E-state index in [4.69, 9.17) is 10.2 Å². The molecule has 0 amide bonds. The minimum absolute atomic E-state index is 0.0352. The van der Waals surface area contributed by atoms with Crippen LogP contribution in [-0.2, 0) is 9.59 Å². The first-order chi connectivity index (χ1) is 8.00. The molecule has 0 fully saturated rings. The molecule has 17 heavy (non-hydrogen) atoms. The Morgan fingerprint density at radius 3 is 1.88 bits per heavy atom. The molecule has 0 aliphatic carbocycles. The number of carboxylic acids is 2. The zero-order valence-corrected chi connectivity index (χ0v) is 10.7. The first kappa shape index (κ1) is 15.7. The van der Waals surface area contributed by atoms with E-state index in [0.717, 1.165) is 19.3 Å². The second-order valence-electron chi connectivity index (χ2n) is 4.23. The number of rotatable bonds is 9. The zero-order valence-electron chi connectivity index (χ0n) is 10.7. The average molecular weight is 242 g/mol. The molecule has 0 rings (SSSR count). The third-order valence-electron chi connectivity index (χ3n) is 2.81. The van der Waals surface area contributed by atoms with Gasteiger partial charge in [0.05, 0.1) is 0 Å². The summed E-state index contributed by atoms with van der Waals surface area (Å²) >= 11 is 0. The van der Waals surface area contributed by atoms with Crippen molar-refractivity contribution in [1.29, 1.82) is 0 Å². The van der Waals surface area contributed by atoms with Crippen molar-refractivity contribution < 1.29 is 19.8 Å². The molecule has 4 heteroatoms. The van der Waals surface area contributed by atoms with Crippen LogP contribution in [0.4, 0.5) is 0 Å². The Morgan fingerprint density at radius 1 is 0.882 bits per heavy atom. The zero-order chi connectivity index (χ0) is 13.3. The van der Waals surface area contributed by atoms with Crippen LogP contribution in [0, 0.1) is 0 Å². The first-order valence-electron chi connectivity index (χ1n) is 6.17. The van der Waals surface area contributed by atoms with Crippen molar-refractivity contribution in [2.24, 2.45) is 0 Å². The van der Waals surface area contributed by atoms with E-state index in [-0.39, 0.29) is 11.1 Å². The Morgan fingerprint density at radius 2 is 1.41 bits per heavy atom. The van der Waals surface area contributed by atoms with Gasteiger partial charge < -0.3 is 10.2 Å². The minimum atomic E-state index is -1.15. The third kappa shape index (κ3) is 6.76. The van der Waals surface area contributed by atoms with E-state index in [1.165, 1.54) is 26.2 Å². The van der Waals surface area contributed by atoms with Gasteiger partial charge in [-0.25, -0.2) is 9.59 Å². The summed E-state index contributed by atoms with van der Waals surface area (Å²) in [6.07, 6.45) is 6.70. The Hall–Kier alpha value is -1.32. The molecule has 0 spiro atoms. The van der Waals surface area contributed by atoms with Crippen LogP contribution in [0.25, 0.3) is 0 Å². The number of unbranched alkanes of at least 4 members (excludes halogenated alkanes) is 5. The molecule has 98 valence electrons. The summed E-state index contributed by atoms with van der Waals surface area (Å²) in [4.78, 5) is 21.6. The van der Waals surface area contributed by atoms with Crippen LogP contribution < -0.4 is 0 Å². The van der Waals surface area contributed by atoms with Gasteiger partial charge in [0.2, 0.25) is 0 Å². The molecule has 0 aliphatic heterocycles. The van der Waals surface area contributed by atoms with E-state index in [1.807, 2.05) is 0 Å². The lowest BCUT2D eigenvalue weighted by molar-refractivity contribution is -0.136. The molecule has 0 saturated carbocycles. The van der Waals surface area contributed by atoms with Gasteiger partial charge in [0, 0.05) is 11.1 Å². The molecule has 0 radical (unpaired) electrons. The van der Waals surface area contributed by atoms with Crippen LogP contribution in [-0.4, -0.2) is 22.2 Å². The summed E-state index contributed by atoms with van der Waals surface area (Å²) < 4.78 is 0. The van der Waals surface area contributed by atoms with Crippen LogP contribution in [0.5, 0.6) is 0 Å². The molecule has 0 aromatic carbocycles. The smallest absolute Gasteiger partial charge is 0.332 e. The normalized spacial score (nSPS) is 12.1. The van der Waals surface area contributed by atoms with Crippen molar-refractivity contribution in [3.8, 4) is 0 Å². The highest BCUT2D eigenvalue weighted by molar-refractivity contribution is 5.98. The number of carboxylic acid groups (broad SMARTS) is 2. The van der Waals surface area contributed by atoms with Gasteiger partial charge in [-0.2, -0.15) is 0 Å². The maximum atomic E-state index is 10.9. The lowest BCUT2D eigenvalue weighted by Crippen LogP contribution is -2.09. The van der Waals surface area contributed by atoms with Gasteiger partial charge in [-0.15, -0.1) is 0 Å². The summed E-state index contributed by atoms with van der Waals surface area (Å²) in [6.45, 7) is 3.49. The van der Waals surface area contributed by atoms with E-state index >= 15 is 0 Å². The summed E-state index contributed by atoms with van der Waals surface area (Å²) in [5.74, 6) is -2.26. The minimum Gasteiger partial charge on any atom is -0.478 e. The standard InChI is InChI=1S/C13H22O4/c1-3-4-5-6-7-8-9-11(13(16)17)10(2)12(14)15/h3-9H2,1-2H3,(H,14,15)(H,16,17)/b11-10+. The third-order valence-corrected chi connectivity index (χ3v) is 2.81. The summed E-state index contributed by atoms with van der Waals surface area (Å²) in [7, 11) is 0. The predicted octanol–water partition coefficient (Wildman–Crippen LogP) is 3.22. The highest BCUT2D eigenvalue weighted by atomic mass is 16.4. The van der Waals surface area contributed by atoms with E-state index < -0.39 is 11.9 Å². The molecule has 0 aliphatic rings. The lowest BCUT2D eigenvalue weighted by atomic mass is 10.0. The fraction of sp³-hybridized carbons (Fsp3) is 0.692.